The molecule has 1 aromatic carbocycles. The van der Waals surface area contributed by atoms with Gasteiger partial charge in [0, 0.05) is 0 Å². The predicted octanol–water partition coefficient (Wildman–Crippen LogP) is 4.48. The first kappa shape index (κ1) is 30.6. The first-order valence-electron chi connectivity index (χ1n) is 12.7. The van der Waals surface area contributed by atoms with Gasteiger partial charge in [-0.3, -0.25) is 4.79 Å². The van der Waals surface area contributed by atoms with Crippen molar-refractivity contribution in [3.63, 3.8) is 0 Å². The van der Waals surface area contributed by atoms with E-state index < -0.39 is 6.04 Å². The number of carbonyl (C=O) groups excluding carboxylic acids is 1. The van der Waals surface area contributed by atoms with E-state index in [9.17, 15) is 4.79 Å². The summed E-state index contributed by atoms with van der Waals surface area (Å²) in [4.78, 5) is 12.0. The second-order valence-corrected chi connectivity index (χ2v) is 8.77. The van der Waals surface area contributed by atoms with Gasteiger partial charge in [-0.05, 0) is 18.4 Å². The van der Waals surface area contributed by atoms with Gasteiger partial charge in [0.05, 0.1) is 6.61 Å². The van der Waals surface area contributed by atoms with Crippen LogP contribution in [-0.4, -0.2) is 18.6 Å². The van der Waals surface area contributed by atoms with Crippen molar-refractivity contribution in [2.75, 3.05) is 6.61 Å². The van der Waals surface area contributed by atoms with E-state index in [0.29, 0.717) is 13.0 Å². The summed E-state index contributed by atoms with van der Waals surface area (Å²) in [6.07, 6.45) is 22.1. The minimum Gasteiger partial charge on any atom is -1.00 e. The number of hydrogen-bond donors (Lipinski definition) is 1. The van der Waals surface area contributed by atoms with Crippen molar-refractivity contribution >= 4 is 5.97 Å². The number of nitrogens with two attached hydrogens (primary N) is 1. The Hall–Kier alpha value is -0.350. The Morgan fingerprint density at radius 1 is 0.774 bits per heavy atom. The molecule has 0 aliphatic rings. The third kappa shape index (κ3) is 18.9. The third-order valence-corrected chi connectivity index (χ3v) is 5.84. The zero-order valence-electron chi connectivity index (χ0n) is 21.6. The topological polar surface area (TPSA) is 52.3 Å². The monoisotopic (exact) mass is 441 g/mol. The van der Waals surface area contributed by atoms with Crippen molar-refractivity contribution in [3.8, 4) is 0 Å². The van der Waals surface area contributed by atoms with E-state index in [-0.39, 0.29) is 37.0 Å². The van der Waals surface area contributed by atoms with Gasteiger partial charge in [0.15, 0.2) is 0 Å². The predicted molar refractivity (Wildman–Crippen MR) is 130 cm³/mol. The van der Waals surface area contributed by atoms with Crippen molar-refractivity contribution in [1.29, 1.82) is 0 Å². The van der Waals surface area contributed by atoms with E-state index >= 15 is 0 Å². The average molecular weight is 442 g/mol. The van der Waals surface area contributed by atoms with Crippen molar-refractivity contribution in [2.45, 2.75) is 122 Å². The quantitative estimate of drug-likeness (QED) is 0.184. The zero-order valence-corrected chi connectivity index (χ0v) is 22.6. The molecule has 0 aromatic heterocycles. The molecule has 0 fully saturated rings. The van der Waals surface area contributed by atoms with Crippen LogP contribution in [0.4, 0.5) is 0 Å². The SMILES string of the molecule is CCCCCCCCCCCCCCCCCCOC(=O)[C@@H](N)Cc1ccccc1.[H-].[Na+]. The Morgan fingerprint density at radius 2 is 1.19 bits per heavy atom. The Kier molecular flexibility index (Phi) is 22.6. The number of benzene rings is 1. The van der Waals surface area contributed by atoms with Crippen molar-refractivity contribution in [3.05, 3.63) is 35.9 Å². The number of carbonyl (C=O) groups is 1. The van der Waals surface area contributed by atoms with E-state index in [0.717, 1.165) is 18.4 Å². The molecule has 0 spiro atoms. The summed E-state index contributed by atoms with van der Waals surface area (Å²) < 4.78 is 5.33. The summed E-state index contributed by atoms with van der Waals surface area (Å²) >= 11 is 0. The fourth-order valence-electron chi connectivity index (χ4n) is 3.88. The molecular formula is C27H48NNaO2. The van der Waals surface area contributed by atoms with Crippen molar-refractivity contribution < 1.29 is 40.5 Å². The molecule has 0 radical (unpaired) electrons. The second kappa shape index (κ2) is 22.8. The van der Waals surface area contributed by atoms with Crippen LogP contribution in [0, 0.1) is 0 Å². The van der Waals surface area contributed by atoms with Crippen molar-refractivity contribution in [1.82, 2.24) is 0 Å². The van der Waals surface area contributed by atoms with Gasteiger partial charge in [-0.25, -0.2) is 0 Å². The molecule has 4 heteroatoms. The third-order valence-electron chi connectivity index (χ3n) is 5.84. The summed E-state index contributed by atoms with van der Waals surface area (Å²) in [6, 6.07) is 9.30. The molecule has 1 atom stereocenters. The smallest absolute Gasteiger partial charge is 1.00 e. The van der Waals surface area contributed by atoms with Gasteiger partial charge < -0.3 is 11.9 Å². The summed E-state index contributed by atoms with van der Waals surface area (Å²) in [7, 11) is 0. The maximum absolute atomic E-state index is 12.0. The van der Waals surface area contributed by atoms with Gasteiger partial charge in [-0.15, -0.1) is 0 Å². The Morgan fingerprint density at radius 3 is 1.65 bits per heavy atom. The van der Waals surface area contributed by atoms with Crippen LogP contribution in [-0.2, 0) is 16.0 Å². The van der Waals surface area contributed by atoms with Gasteiger partial charge in [0.2, 0.25) is 0 Å². The summed E-state index contributed by atoms with van der Waals surface area (Å²) in [5, 5.41) is 0. The number of hydrogen-bond acceptors (Lipinski definition) is 3. The van der Waals surface area contributed by atoms with Gasteiger partial charge >= 0.3 is 35.5 Å². The van der Waals surface area contributed by atoms with Gasteiger partial charge in [-0.1, -0.05) is 134 Å². The van der Waals surface area contributed by atoms with E-state index in [1.54, 1.807) is 0 Å². The Balaban J connectivity index is 0. The Bertz CT molecular complexity index is 516. The molecule has 0 aliphatic heterocycles. The molecule has 3 nitrogen and oxygen atoms in total. The molecule has 31 heavy (non-hydrogen) atoms. The minimum atomic E-state index is -0.562. The molecule has 0 saturated heterocycles. The Labute approximate surface area is 216 Å². The first-order chi connectivity index (χ1) is 14.7. The van der Waals surface area contributed by atoms with Crippen LogP contribution in [0.15, 0.2) is 30.3 Å². The zero-order chi connectivity index (χ0) is 21.7. The maximum atomic E-state index is 12.0. The van der Waals surface area contributed by atoms with Gasteiger partial charge in [-0.2, -0.15) is 0 Å². The van der Waals surface area contributed by atoms with E-state index in [2.05, 4.69) is 6.92 Å². The number of ether oxygens (including phenoxy) is 1. The van der Waals surface area contributed by atoms with Crippen LogP contribution in [0.3, 0.4) is 0 Å². The minimum absolute atomic E-state index is 0. The molecule has 0 unspecified atom stereocenters. The van der Waals surface area contributed by atoms with Gasteiger partial charge in [0.1, 0.15) is 6.04 Å². The summed E-state index contributed by atoms with van der Waals surface area (Å²) in [5.41, 5.74) is 7.02. The molecule has 0 saturated carbocycles. The molecule has 174 valence electrons. The van der Waals surface area contributed by atoms with E-state index in [4.69, 9.17) is 10.5 Å². The molecule has 1 aromatic rings. The molecule has 0 amide bonds. The van der Waals surface area contributed by atoms with Crippen LogP contribution in [0.1, 0.15) is 117 Å². The van der Waals surface area contributed by atoms with E-state index in [1.165, 1.54) is 89.9 Å². The number of esters is 1. The molecular weight excluding hydrogens is 393 g/mol. The van der Waals surface area contributed by atoms with Crippen LogP contribution in [0.2, 0.25) is 0 Å². The van der Waals surface area contributed by atoms with Crippen LogP contribution < -0.4 is 35.3 Å². The van der Waals surface area contributed by atoms with Crippen LogP contribution >= 0.6 is 0 Å². The molecule has 0 heterocycles. The summed E-state index contributed by atoms with van der Waals surface area (Å²) in [5.74, 6) is -0.278. The molecule has 1 rings (SSSR count). The standard InChI is InChI=1S/C27H47NO2.Na.H/c1-2-3-4-5-6-7-8-9-10-11-12-13-14-15-16-20-23-30-27(29)26(28)24-25-21-18-17-19-22-25;;/h17-19,21-22,26H,2-16,20,23-24,28H2,1H3;;/q;+1;-1/t26-;;/m0../s1. The largest absolute Gasteiger partial charge is 1.00 e. The molecule has 0 bridgehead atoms. The molecule has 0 aliphatic carbocycles. The average Bonchev–Trinajstić information content (AvgIpc) is 2.76. The number of unbranched alkanes of at least 4 members (excludes halogenated alkanes) is 15. The second-order valence-electron chi connectivity index (χ2n) is 8.77. The molecule has 2 N–H and O–H groups in total. The normalized spacial score (nSPS) is 11.7. The van der Waals surface area contributed by atoms with Crippen LogP contribution in [0.25, 0.3) is 0 Å². The summed E-state index contributed by atoms with van der Waals surface area (Å²) in [6.45, 7) is 2.78. The van der Waals surface area contributed by atoms with Gasteiger partial charge in [0.25, 0.3) is 0 Å². The maximum Gasteiger partial charge on any atom is 1.00 e. The number of rotatable bonds is 20. The fourth-order valence-corrected chi connectivity index (χ4v) is 3.88. The van der Waals surface area contributed by atoms with Crippen molar-refractivity contribution in [2.24, 2.45) is 5.73 Å². The van der Waals surface area contributed by atoms with Crippen LogP contribution in [0.5, 0.6) is 0 Å². The first-order valence-corrected chi connectivity index (χ1v) is 12.7. The van der Waals surface area contributed by atoms with E-state index in [1.807, 2.05) is 30.3 Å². The fraction of sp³-hybridized carbons (Fsp3) is 0.741.